The highest BCUT2D eigenvalue weighted by atomic mass is 16.5. The molecule has 0 radical (unpaired) electrons. The van der Waals surface area contributed by atoms with Gasteiger partial charge in [0.25, 0.3) is 0 Å². The molecule has 1 aromatic heterocycles. The van der Waals surface area contributed by atoms with Crippen LogP contribution in [0, 0.1) is 0 Å². The highest BCUT2D eigenvalue weighted by Crippen LogP contribution is 2.19. The molecule has 1 N–H and O–H groups in total. The van der Waals surface area contributed by atoms with Crippen LogP contribution in [-0.2, 0) is 28.9 Å². The van der Waals surface area contributed by atoms with Crippen molar-refractivity contribution in [2.45, 2.75) is 64.5 Å². The SMILES string of the molecule is CCCCCCOC1CCn2c(CC(=O)O)cnc2C1. The minimum Gasteiger partial charge on any atom is -0.481 e. The lowest BCUT2D eigenvalue weighted by atomic mass is 10.1. The van der Waals surface area contributed by atoms with Gasteiger partial charge in [-0.15, -0.1) is 0 Å². The summed E-state index contributed by atoms with van der Waals surface area (Å²) in [6.07, 6.45) is 8.61. The van der Waals surface area contributed by atoms with E-state index in [1.165, 1.54) is 19.3 Å². The van der Waals surface area contributed by atoms with Crippen molar-refractivity contribution in [1.82, 2.24) is 9.55 Å². The number of hydrogen-bond donors (Lipinski definition) is 1. The van der Waals surface area contributed by atoms with E-state index in [0.29, 0.717) is 0 Å². The van der Waals surface area contributed by atoms with Crippen molar-refractivity contribution in [3.05, 3.63) is 17.7 Å². The van der Waals surface area contributed by atoms with E-state index in [1.807, 2.05) is 4.57 Å². The van der Waals surface area contributed by atoms with E-state index in [0.717, 1.165) is 43.9 Å². The number of aliphatic carboxylic acids is 1. The van der Waals surface area contributed by atoms with E-state index in [-0.39, 0.29) is 12.5 Å². The fraction of sp³-hybridized carbons (Fsp3) is 0.733. The van der Waals surface area contributed by atoms with Gasteiger partial charge < -0.3 is 14.4 Å². The van der Waals surface area contributed by atoms with Crippen LogP contribution in [-0.4, -0.2) is 33.3 Å². The first-order valence-corrected chi connectivity index (χ1v) is 7.57. The second-order valence-corrected chi connectivity index (χ2v) is 5.43. The molecule has 5 nitrogen and oxygen atoms in total. The van der Waals surface area contributed by atoms with Crippen molar-refractivity contribution in [1.29, 1.82) is 0 Å². The van der Waals surface area contributed by atoms with Gasteiger partial charge in [0.1, 0.15) is 5.82 Å². The molecule has 0 amide bonds. The van der Waals surface area contributed by atoms with Crippen LogP contribution in [0.25, 0.3) is 0 Å². The minimum absolute atomic E-state index is 0.0511. The summed E-state index contributed by atoms with van der Waals surface area (Å²) >= 11 is 0. The Balaban J connectivity index is 1.79. The van der Waals surface area contributed by atoms with E-state index in [1.54, 1.807) is 6.20 Å². The van der Waals surface area contributed by atoms with Crippen LogP contribution in [0.5, 0.6) is 0 Å². The number of rotatable bonds is 8. The fourth-order valence-electron chi connectivity index (χ4n) is 2.69. The van der Waals surface area contributed by atoms with Gasteiger partial charge in [-0.3, -0.25) is 4.79 Å². The summed E-state index contributed by atoms with van der Waals surface area (Å²) in [6.45, 7) is 3.85. The molecule has 0 saturated carbocycles. The molecule has 2 heterocycles. The van der Waals surface area contributed by atoms with Crippen molar-refractivity contribution in [3.8, 4) is 0 Å². The molecule has 1 aliphatic heterocycles. The molecule has 0 saturated heterocycles. The fourth-order valence-corrected chi connectivity index (χ4v) is 2.69. The molecule has 1 unspecified atom stereocenters. The molecule has 1 aliphatic rings. The van der Waals surface area contributed by atoms with Gasteiger partial charge in [0, 0.05) is 31.5 Å². The van der Waals surface area contributed by atoms with Gasteiger partial charge >= 0.3 is 5.97 Å². The van der Waals surface area contributed by atoms with Crippen LogP contribution in [0.4, 0.5) is 0 Å². The molecule has 0 bridgehead atoms. The summed E-state index contributed by atoms with van der Waals surface area (Å²) in [5.74, 6) is 0.160. The smallest absolute Gasteiger partial charge is 0.309 e. The molecular weight excluding hydrogens is 256 g/mol. The molecule has 0 aromatic carbocycles. The average molecular weight is 280 g/mol. The zero-order valence-corrected chi connectivity index (χ0v) is 12.2. The zero-order chi connectivity index (χ0) is 14.4. The van der Waals surface area contributed by atoms with Crippen molar-refractivity contribution in [2.24, 2.45) is 0 Å². The van der Waals surface area contributed by atoms with Crippen molar-refractivity contribution in [2.75, 3.05) is 6.61 Å². The van der Waals surface area contributed by atoms with Crippen LogP contribution in [0.3, 0.4) is 0 Å². The van der Waals surface area contributed by atoms with Crippen molar-refractivity contribution < 1.29 is 14.6 Å². The number of nitrogens with zero attached hydrogens (tertiary/aromatic N) is 2. The minimum atomic E-state index is -0.804. The third-order valence-corrected chi connectivity index (χ3v) is 3.79. The summed E-state index contributed by atoms with van der Waals surface area (Å²) < 4.78 is 7.94. The normalized spacial score (nSPS) is 17.9. The third-order valence-electron chi connectivity index (χ3n) is 3.79. The molecule has 20 heavy (non-hydrogen) atoms. The average Bonchev–Trinajstić information content (AvgIpc) is 2.80. The molecule has 1 aromatic rings. The molecular formula is C15H24N2O3. The Morgan fingerprint density at radius 1 is 1.50 bits per heavy atom. The Bertz CT molecular complexity index is 442. The van der Waals surface area contributed by atoms with Gasteiger partial charge in [-0.05, 0) is 12.8 Å². The number of carbonyl (C=O) groups is 1. The first kappa shape index (κ1) is 15.0. The summed E-state index contributed by atoms with van der Waals surface area (Å²) in [5.41, 5.74) is 0.800. The molecule has 112 valence electrons. The second-order valence-electron chi connectivity index (χ2n) is 5.43. The topological polar surface area (TPSA) is 64.3 Å². The van der Waals surface area contributed by atoms with E-state index < -0.39 is 5.97 Å². The summed E-state index contributed by atoms with van der Waals surface area (Å²) in [4.78, 5) is 15.1. The number of carboxylic acid groups (broad SMARTS) is 1. The van der Waals surface area contributed by atoms with Crippen LogP contribution in [0.1, 0.15) is 50.5 Å². The monoisotopic (exact) mass is 280 g/mol. The lowest BCUT2D eigenvalue weighted by molar-refractivity contribution is -0.136. The van der Waals surface area contributed by atoms with Gasteiger partial charge in [-0.25, -0.2) is 4.98 Å². The van der Waals surface area contributed by atoms with Gasteiger partial charge in [0.2, 0.25) is 0 Å². The molecule has 0 fully saturated rings. The third kappa shape index (κ3) is 4.07. The number of unbranched alkanes of at least 4 members (excludes halogenated alkanes) is 3. The largest absolute Gasteiger partial charge is 0.481 e. The second kappa shape index (κ2) is 7.43. The Hall–Kier alpha value is -1.36. The van der Waals surface area contributed by atoms with E-state index in [4.69, 9.17) is 9.84 Å². The Morgan fingerprint density at radius 2 is 2.35 bits per heavy atom. The Kier molecular flexibility index (Phi) is 5.59. The molecule has 5 heteroatoms. The number of imidazole rings is 1. The number of carboxylic acids is 1. The van der Waals surface area contributed by atoms with Crippen LogP contribution in [0.15, 0.2) is 6.20 Å². The maximum atomic E-state index is 10.8. The predicted octanol–water partition coefficient (Wildman–Crippen LogP) is 2.42. The Labute approximate surface area is 120 Å². The summed E-state index contributed by atoms with van der Waals surface area (Å²) in [7, 11) is 0. The van der Waals surface area contributed by atoms with Crippen LogP contribution >= 0.6 is 0 Å². The van der Waals surface area contributed by atoms with Gasteiger partial charge in [0.15, 0.2) is 0 Å². The molecule has 2 rings (SSSR count). The van der Waals surface area contributed by atoms with E-state index in [2.05, 4.69) is 11.9 Å². The first-order valence-electron chi connectivity index (χ1n) is 7.57. The predicted molar refractivity (Wildman–Crippen MR) is 75.8 cm³/mol. The van der Waals surface area contributed by atoms with E-state index >= 15 is 0 Å². The zero-order valence-electron chi connectivity index (χ0n) is 12.2. The number of aromatic nitrogens is 2. The number of fused-ring (bicyclic) bond motifs is 1. The molecule has 1 atom stereocenters. The molecule has 0 spiro atoms. The lowest BCUT2D eigenvalue weighted by Gasteiger charge is -2.24. The molecule has 0 aliphatic carbocycles. The summed E-state index contributed by atoms with van der Waals surface area (Å²) in [6, 6.07) is 0. The number of ether oxygens (including phenoxy) is 1. The standard InChI is InChI=1S/C15H24N2O3/c1-2-3-4-5-8-20-13-6-7-17-12(9-15(18)19)11-16-14(17)10-13/h11,13H,2-10H2,1H3,(H,18,19). The van der Waals surface area contributed by atoms with Crippen molar-refractivity contribution >= 4 is 5.97 Å². The van der Waals surface area contributed by atoms with Gasteiger partial charge in [-0.2, -0.15) is 0 Å². The van der Waals surface area contributed by atoms with Crippen LogP contribution < -0.4 is 0 Å². The van der Waals surface area contributed by atoms with E-state index in [9.17, 15) is 4.79 Å². The highest BCUT2D eigenvalue weighted by Gasteiger charge is 2.22. The number of hydrogen-bond acceptors (Lipinski definition) is 3. The Morgan fingerprint density at radius 3 is 3.10 bits per heavy atom. The van der Waals surface area contributed by atoms with Crippen molar-refractivity contribution in [3.63, 3.8) is 0 Å². The van der Waals surface area contributed by atoms with Crippen LogP contribution in [0.2, 0.25) is 0 Å². The maximum absolute atomic E-state index is 10.8. The quantitative estimate of drug-likeness (QED) is 0.743. The van der Waals surface area contributed by atoms with Gasteiger partial charge in [0.05, 0.1) is 12.5 Å². The highest BCUT2D eigenvalue weighted by molar-refractivity contribution is 5.69. The summed E-state index contributed by atoms with van der Waals surface area (Å²) in [5, 5.41) is 8.86. The maximum Gasteiger partial charge on any atom is 0.309 e. The lowest BCUT2D eigenvalue weighted by Crippen LogP contribution is -2.27. The first-order chi connectivity index (χ1) is 9.70. The van der Waals surface area contributed by atoms with Gasteiger partial charge in [-0.1, -0.05) is 26.2 Å².